The molecular weight excluding hydrogens is 420 g/mol. The number of hydrogen-bond acceptors (Lipinski definition) is 6. The molecule has 0 radical (unpaired) electrons. The van der Waals surface area contributed by atoms with Crippen LogP contribution in [0.4, 0.5) is 5.95 Å². The molecule has 33 heavy (non-hydrogen) atoms. The normalized spacial score (nSPS) is 16.3. The van der Waals surface area contributed by atoms with E-state index in [1.165, 1.54) is 9.13 Å². The first-order valence-electron chi connectivity index (χ1n) is 11.0. The molecule has 170 valence electrons. The first-order chi connectivity index (χ1) is 16.0. The van der Waals surface area contributed by atoms with Crippen molar-refractivity contribution in [2.75, 3.05) is 18.0 Å². The summed E-state index contributed by atoms with van der Waals surface area (Å²) >= 11 is 0. The summed E-state index contributed by atoms with van der Waals surface area (Å²) in [7, 11) is 1.64. The lowest BCUT2D eigenvalue weighted by atomic mass is 10.1. The number of nitrogens with zero attached hydrogens (tertiary/aromatic N) is 6. The maximum atomic E-state index is 13.6. The van der Waals surface area contributed by atoms with Gasteiger partial charge < -0.3 is 15.6 Å². The molecule has 10 heteroatoms. The highest BCUT2D eigenvalue weighted by atomic mass is 16.2. The van der Waals surface area contributed by atoms with E-state index < -0.39 is 5.69 Å². The van der Waals surface area contributed by atoms with E-state index in [-0.39, 0.29) is 18.1 Å². The van der Waals surface area contributed by atoms with Gasteiger partial charge in [0, 0.05) is 26.2 Å². The topological polar surface area (TPSA) is 120 Å². The highest BCUT2D eigenvalue weighted by Gasteiger charge is 2.26. The minimum atomic E-state index is -0.414. The molecule has 10 nitrogen and oxygen atoms in total. The second-order valence-electron chi connectivity index (χ2n) is 8.43. The molecule has 1 aliphatic heterocycles. The monoisotopic (exact) mass is 446 g/mol. The average molecular weight is 447 g/mol. The molecule has 3 aromatic heterocycles. The standard InChI is InChI=1S/C23H26N8O2/c1-3-4-10-30-19-20(27-22(30)29-9-5-6-16(24)13-29)28(2)23(33)31(21(19)32)12-15-7-8-17-18(11-15)26-14-25-17/h7-8,11,14,16H,5-6,9-10,12-13,24H2,1-2H3,(H,25,26). The zero-order chi connectivity index (χ0) is 23.1. The van der Waals surface area contributed by atoms with E-state index in [0.717, 1.165) is 36.0 Å². The predicted molar refractivity (Wildman–Crippen MR) is 127 cm³/mol. The number of nitrogens with two attached hydrogens (primary N) is 1. The molecule has 4 aromatic rings. The fourth-order valence-corrected chi connectivity index (χ4v) is 4.50. The fraction of sp³-hybridized carbons (Fsp3) is 0.391. The van der Waals surface area contributed by atoms with Gasteiger partial charge in [-0.05, 0) is 37.5 Å². The Morgan fingerprint density at radius 1 is 1.27 bits per heavy atom. The first kappa shape index (κ1) is 21.0. The van der Waals surface area contributed by atoms with Gasteiger partial charge in [0.15, 0.2) is 11.2 Å². The molecule has 0 bridgehead atoms. The Morgan fingerprint density at radius 3 is 2.91 bits per heavy atom. The summed E-state index contributed by atoms with van der Waals surface area (Å²) < 4.78 is 4.51. The van der Waals surface area contributed by atoms with Crippen LogP contribution < -0.4 is 21.9 Å². The van der Waals surface area contributed by atoms with Crippen LogP contribution in [0.1, 0.15) is 25.3 Å². The summed E-state index contributed by atoms with van der Waals surface area (Å²) in [6.07, 6.45) is 3.52. The molecular formula is C23H26N8O2. The molecule has 4 heterocycles. The van der Waals surface area contributed by atoms with E-state index in [1.54, 1.807) is 20.3 Å². The summed E-state index contributed by atoms with van der Waals surface area (Å²) in [6, 6.07) is 5.70. The van der Waals surface area contributed by atoms with Gasteiger partial charge in [0.05, 0.1) is 30.5 Å². The fourth-order valence-electron chi connectivity index (χ4n) is 4.50. The van der Waals surface area contributed by atoms with E-state index in [2.05, 4.69) is 26.7 Å². The number of aromatic amines is 1. The van der Waals surface area contributed by atoms with Gasteiger partial charge in [-0.1, -0.05) is 12.0 Å². The quantitative estimate of drug-likeness (QED) is 0.447. The zero-order valence-corrected chi connectivity index (χ0v) is 18.7. The van der Waals surface area contributed by atoms with Gasteiger partial charge in [0.1, 0.15) is 0 Å². The van der Waals surface area contributed by atoms with Gasteiger partial charge in [-0.25, -0.2) is 9.78 Å². The zero-order valence-electron chi connectivity index (χ0n) is 18.7. The third-order valence-corrected chi connectivity index (χ3v) is 6.19. The number of H-pyrrole nitrogens is 1. The number of piperidine rings is 1. The van der Waals surface area contributed by atoms with E-state index in [9.17, 15) is 9.59 Å². The smallest absolute Gasteiger partial charge is 0.332 e. The maximum absolute atomic E-state index is 13.6. The Labute approximate surface area is 189 Å². The average Bonchev–Trinajstić information content (AvgIpc) is 3.43. The Hall–Kier alpha value is -3.84. The molecule has 3 N–H and O–H groups in total. The summed E-state index contributed by atoms with van der Waals surface area (Å²) in [6.45, 7) is 3.64. The van der Waals surface area contributed by atoms with Gasteiger partial charge in [0.25, 0.3) is 5.56 Å². The molecule has 1 fully saturated rings. The molecule has 1 atom stereocenters. The van der Waals surface area contributed by atoms with Crippen molar-refractivity contribution in [3.8, 4) is 11.8 Å². The number of aromatic nitrogens is 6. The number of fused-ring (bicyclic) bond motifs is 2. The summed E-state index contributed by atoms with van der Waals surface area (Å²) in [5.74, 6) is 6.57. The van der Waals surface area contributed by atoms with Crippen LogP contribution >= 0.6 is 0 Å². The molecule has 5 rings (SSSR count). The predicted octanol–water partition coefficient (Wildman–Crippen LogP) is 0.772. The Bertz CT molecular complexity index is 1530. The van der Waals surface area contributed by atoms with E-state index >= 15 is 0 Å². The lowest BCUT2D eigenvalue weighted by Crippen LogP contribution is -2.44. The molecule has 1 unspecified atom stereocenters. The number of imidazole rings is 2. The van der Waals surface area contributed by atoms with Crippen LogP contribution in [-0.4, -0.2) is 47.8 Å². The van der Waals surface area contributed by atoms with Crippen LogP contribution in [0.15, 0.2) is 34.1 Å². The highest BCUT2D eigenvalue weighted by Crippen LogP contribution is 2.23. The van der Waals surface area contributed by atoms with Crippen molar-refractivity contribution in [1.82, 2.24) is 28.7 Å². The van der Waals surface area contributed by atoms with Crippen molar-refractivity contribution in [3.05, 3.63) is 50.9 Å². The largest absolute Gasteiger partial charge is 0.345 e. The lowest BCUT2D eigenvalue weighted by Gasteiger charge is -2.31. The molecule has 1 saturated heterocycles. The second kappa shape index (κ2) is 8.26. The molecule has 0 amide bonds. The Kier molecular flexibility index (Phi) is 5.26. The number of hydrogen-bond donors (Lipinski definition) is 2. The van der Waals surface area contributed by atoms with E-state index in [4.69, 9.17) is 10.7 Å². The van der Waals surface area contributed by atoms with Crippen molar-refractivity contribution >= 4 is 28.1 Å². The third-order valence-electron chi connectivity index (χ3n) is 6.19. The lowest BCUT2D eigenvalue weighted by molar-refractivity contribution is 0.496. The van der Waals surface area contributed by atoms with Gasteiger partial charge in [-0.2, -0.15) is 4.98 Å². The number of aryl methyl sites for hydroxylation is 1. The van der Waals surface area contributed by atoms with Crippen molar-refractivity contribution in [3.63, 3.8) is 0 Å². The molecule has 0 spiro atoms. The van der Waals surface area contributed by atoms with Crippen LogP contribution in [-0.2, 0) is 20.1 Å². The minimum Gasteiger partial charge on any atom is -0.345 e. The van der Waals surface area contributed by atoms with Crippen LogP contribution in [0.2, 0.25) is 0 Å². The highest BCUT2D eigenvalue weighted by molar-refractivity contribution is 5.76. The van der Waals surface area contributed by atoms with Gasteiger partial charge >= 0.3 is 5.69 Å². The molecule has 0 aliphatic carbocycles. The SMILES string of the molecule is CC#CCn1c(N2CCCC(N)C2)nc2c1c(=O)n(Cc1ccc3[nH]cnc3c1)c(=O)n2C. The van der Waals surface area contributed by atoms with Crippen molar-refractivity contribution in [1.29, 1.82) is 0 Å². The van der Waals surface area contributed by atoms with Crippen molar-refractivity contribution in [2.24, 2.45) is 12.8 Å². The first-order valence-corrected chi connectivity index (χ1v) is 11.0. The van der Waals surface area contributed by atoms with Gasteiger partial charge in [-0.3, -0.25) is 18.5 Å². The molecule has 1 aliphatic rings. The van der Waals surface area contributed by atoms with Crippen molar-refractivity contribution < 1.29 is 0 Å². The molecule has 0 saturated carbocycles. The maximum Gasteiger partial charge on any atom is 0.332 e. The van der Waals surface area contributed by atoms with Crippen molar-refractivity contribution in [2.45, 2.75) is 38.9 Å². The molecule has 1 aromatic carbocycles. The summed E-state index contributed by atoms with van der Waals surface area (Å²) in [5, 5.41) is 0. The summed E-state index contributed by atoms with van der Waals surface area (Å²) in [4.78, 5) is 41.0. The number of rotatable bonds is 4. The number of anilines is 1. The minimum absolute atomic E-state index is 0.0432. The van der Waals surface area contributed by atoms with Gasteiger partial charge in [0.2, 0.25) is 5.95 Å². The van der Waals surface area contributed by atoms with Crippen LogP contribution in [0.5, 0.6) is 0 Å². The van der Waals surface area contributed by atoms with E-state index in [0.29, 0.717) is 30.2 Å². The van der Waals surface area contributed by atoms with Gasteiger partial charge in [-0.15, -0.1) is 5.92 Å². The van der Waals surface area contributed by atoms with E-state index in [1.807, 2.05) is 22.8 Å². The van der Waals surface area contributed by atoms with Crippen LogP contribution in [0.25, 0.3) is 22.2 Å². The number of nitrogens with one attached hydrogen (secondary N) is 1. The summed E-state index contributed by atoms with van der Waals surface area (Å²) in [5.41, 5.74) is 8.63. The number of benzene rings is 1. The van der Waals surface area contributed by atoms with Crippen LogP contribution in [0.3, 0.4) is 0 Å². The Balaban J connectivity index is 1.68. The van der Waals surface area contributed by atoms with Crippen LogP contribution in [0, 0.1) is 11.8 Å². The second-order valence-corrected chi connectivity index (χ2v) is 8.43. The third kappa shape index (κ3) is 3.60. The Morgan fingerprint density at radius 2 is 2.12 bits per heavy atom.